The van der Waals surface area contributed by atoms with E-state index in [1.165, 1.54) is 66.6 Å². The van der Waals surface area contributed by atoms with E-state index in [1.54, 1.807) is 12.1 Å². The zero-order valence-electron chi connectivity index (χ0n) is 20.1. The molecule has 0 spiro atoms. The fourth-order valence-corrected chi connectivity index (χ4v) is 4.26. The van der Waals surface area contributed by atoms with Gasteiger partial charge in [-0.15, -0.1) is 0 Å². The fraction of sp³-hybridized carbons (Fsp3) is 0.179. The third kappa shape index (κ3) is 5.01. The Morgan fingerprint density at radius 1 is 1.00 bits per heavy atom. The van der Waals surface area contributed by atoms with Crippen molar-refractivity contribution in [2.45, 2.75) is 19.4 Å². The number of nitrogens with zero attached hydrogens (tertiary/aromatic N) is 1. The standard InChI is InChI=1S/C28H24ClNO7/c1-3-14-37-28(35)17-4-9-19(10-5-17)30-24(16-6-11-20(31)12-7-16)23(26(33)27(30)34)25(32)18-8-13-21(29)22(15-18)36-2/h4-13,15,24,31-32H,3,14H2,1-2H3/b25-23-. The van der Waals surface area contributed by atoms with Crippen LogP contribution in [0.4, 0.5) is 5.69 Å². The van der Waals surface area contributed by atoms with Gasteiger partial charge in [0.25, 0.3) is 11.7 Å². The van der Waals surface area contributed by atoms with Gasteiger partial charge in [0.15, 0.2) is 0 Å². The van der Waals surface area contributed by atoms with Gasteiger partial charge < -0.3 is 19.7 Å². The van der Waals surface area contributed by atoms with Crippen LogP contribution < -0.4 is 9.64 Å². The molecule has 1 heterocycles. The summed E-state index contributed by atoms with van der Waals surface area (Å²) in [7, 11) is 1.42. The second kappa shape index (κ2) is 10.8. The Kier molecular flexibility index (Phi) is 7.50. The molecule has 1 unspecified atom stereocenters. The molecule has 190 valence electrons. The van der Waals surface area contributed by atoms with E-state index >= 15 is 0 Å². The molecule has 37 heavy (non-hydrogen) atoms. The number of methoxy groups -OCH3 is 1. The lowest BCUT2D eigenvalue weighted by molar-refractivity contribution is -0.132. The molecular formula is C28H24ClNO7. The number of phenols is 1. The summed E-state index contributed by atoms with van der Waals surface area (Å²) >= 11 is 6.11. The number of benzene rings is 3. The van der Waals surface area contributed by atoms with E-state index in [9.17, 15) is 24.6 Å². The van der Waals surface area contributed by atoms with E-state index in [-0.39, 0.29) is 29.2 Å². The van der Waals surface area contributed by atoms with Gasteiger partial charge in [-0.05, 0) is 66.6 Å². The summed E-state index contributed by atoms with van der Waals surface area (Å²) in [6.45, 7) is 2.17. The minimum Gasteiger partial charge on any atom is -0.508 e. The predicted molar refractivity (Wildman–Crippen MR) is 138 cm³/mol. The molecule has 3 aromatic rings. The van der Waals surface area contributed by atoms with Crippen molar-refractivity contribution in [1.82, 2.24) is 0 Å². The average molecular weight is 522 g/mol. The monoisotopic (exact) mass is 521 g/mol. The highest BCUT2D eigenvalue weighted by Gasteiger charge is 2.47. The number of ketones is 1. The van der Waals surface area contributed by atoms with Crippen LogP contribution in [0.3, 0.4) is 0 Å². The van der Waals surface area contributed by atoms with Crippen LogP contribution in [-0.2, 0) is 14.3 Å². The molecule has 0 aliphatic carbocycles. The number of carbonyl (C=O) groups excluding carboxylic acids is 3. The molecule has 0 aromatic heterocycles. The molecule has 1 saturated heterocycles. The van der Waals surface area contributed by atoms with E-state index in [4.69, 9.17) is 21.1 Å². The number of aliphatic hydroxyl groups excluding tert-OH is 1. The molecule has 1 fully saturated rings. The molecule has 0 radical (unpaired) electrons. The number of carbonyl (C=O) groups is 3. The number of Topliss-reactive ketones (excluding diaryl/α,β-unsaturated/α-hetero) is 1. The number of halogens is 1. The molecule has 1 atom stereocenters. The molecule has 1 aliphatic heterocycles. The first-order chi connectivity index (χ1) is 17.8. The largest absolute Gasteiger partial charge is 0.508 e. The maximum Gasteiger partial charge on any atom is 0.338 e. The number of amides is 1. The molecule has 2 N–H and O–H groups in total. The molecule has 1 aliphatic rings. The van der Waals surface area contributed by atoms with Crippen molar-refractivity contribution in [2.24, 2.45) is 0 Å². The fourth-order valence-electron chi connectivity index (χ4n) is 4.07. The van der Waals surface area contributed by atoms with Gasteiger partial charge in [0.2, 0.25) is 0 Å². The van der Waals surface area contributed by atoms with Crippen molar-refractivity contribution in [3.05, 3.63) is 94.0 Å². The molecule has 0 bridgehead atoms. The van der Waals surface area contributed by atoms with Crippen molar-refractivity contribution >= 4 is 40.7 Å². The summed E-state index contributed by atoms with van der Waals surface area (Å²) < 4.78 is 10.4. The zero-order valence-corrected chi connectivity index (χ0v) is 20.9. The second-order valence-electron chi connectivity index (χ2n) is 8.29. The van der Waals surface area contributed by atoms with E-state index in [0.29, 0.717) is 28.3 Å². The second-order valence-corrected chi connectivity index (χ2v) is 8.70. The molecule has 1 amide bonds. The van der Waals surface area contributed by atoms with Crippen molar-refractivity contribution in [2.75, 3.05) is 18.6 Å². The van der Waals surface area contributed by atoms with Gasteiger partial charge in [0, 0.05) is 11.3 Å². The van der Waals surface area contributed by atoms with E-state index < -0.39 is 29.5 Å². The number of anilines is 1. The summed E-state index contributed by atoms with van der Waals surface area (Å²) in [5, 5.41) is 21.3. The Morgan fingerprint density at radius 3 is 2.27 bits per heavy atom. The number of ether oxygens (including phenoxy) is 2. The van der Waals surface area contributed by atoms with Gasteiger partial charge in [0.05, 0.1) is 35.9 Å². The predicted octanol–water partition coefficient (Wildman–Crippen LogP) is 5.25. The van der Waals surface area contributed by atoms with Crippen LogP contribution in [0.5, 0.6) is 11.5 Å². The molecule has 0 saturated carbocycles. The third-order valence-corrected chi connectivity index (χ3v) is 6.21. The minimum atomic E-state index is -1.01. The first kappa shape index (κ1) is 25.8. The normalized spacial score (nSPS) is 16.6. The van der Waals surface area contributed by atoms with Crippen LogP contribution in [0.15, 0.2) is 72.3 Å². The summed E-state index contributed by atoms with van der Waals surface area (Å²) in [6, 6.07) is 15.5. The number of hydrogen-bond donors (Lipinski definition) is 2. The van der Waals surface area contributed by atoms with Crippen LogP contribution in [-0.4, -0.2) is 41.6 Å². The number of aromatic hydroxyl groups is 1. The smallest absolute Gasteiger partial charge is 0.338 e. The zero-order chi connectivity index (χ0) is 26.7. The molecule has 9 heteroatoms. The summed E-state index contributed by atoms with van der Waals surface area (Å²) in [5.41, 5.74) is 1.19. The van der Waals surface area contributed by atoms with E-state index in [0.717, 1.165) is 0 Å². The Balaban J connectivity index is 1.84. The van der Waals surface area contributed by atoms with Crippen molar-refractivity contribution < 1.29 is 34.1 Å². The minimum absolute atomic E-state index is 0.00177. The lowest BCUT2D eigenvalue weighted by Gasteiger charge is -2.25. The summed E-state index contributed by atoms with van der Waals surface area (Å²) in [5.74, 6) is -2.38. The van der Waals surface area contributed by atoms with Gasteiger partial charge in [-0.3, -0.25) is 14.5 Å². The maximum atomic E-state index is 13.3. The topological polar surface area (TPSA) is 113 Å². The summed E-state index contributed by atoms with van der Waals surface area (Å²) in [6.07, 6.45) is 0.681. The summed E-state index contributed by atoms with van der Waals surface area (Å²) in [4.78, 5) is 40.0. The highest BCUT2D eigenvalue weighted by Crippen LogP contribution is 2.43. The average Bonchev–Trinajstić information content (AvgIpc) is 3.17. The number of rotatable bonds is 7. The first-order valence-electron chi connectivity index (χ1n) is 11.5. The molecule has 3 aromatic carbocycles. The highest BCUT2D eigenvalue weighted by atomic mass is 35.5. The van der Waals surface area contributed by atoms with Gasteiger partial charge >= 0.3 is 5.97 Å². The number of aliphatic hydroxyl groups is 1. The number of esters is 1. The Morgan fingerprint density at radius 2 is 1.65 bits per heavy atom. The number of hydrogen-bond acceptors (Lipinski definition) is 7. The van der Waals surface area contributed by atoms with Gasteiger partial charge in [-0.1, -0.05) is 30.7 Å². The maximum absolute atomic E-state index is 13.3. The SMILES string of the molecule is CCCOC(=O)c1ccc(N2C(=O)C(=O)/C(=C(\O)c3ccc(Cl)c(OC)c3)C2c2ccc(O)cc2)cc1. The van der Waals surface area contributed by atoms with Crippen molar-refractivity contribution in [3.63, 3.8) is 0 Å². The number of phenolic OH excluding ortho intramolecular Hbond substituents is 1. The van der Waals surface area contributed by atoms with E-state index in [1.807, 2.05) is 6.92 Å². The van der Waals surface area contributed by atoms with E-state index in [2.05, 4.69) is 0 Å². The lowest BCUT2D eigenvalue weighted by atomic mass is 9.95. The Labute approximate surface area is 218 Å². The third-order valence-electron chi connectivity index (χ3n) is 5.90. The van der Waals surface area contributed by atoms with Crippen LogP contribution >= 0.6 is 11.6 Å². The lowest BCUT2D eigenvalue weighted by Crippen LogP contribution is -2.29. The highest BCUT2D eigenvalue weighted by molar-refractivity contribution is 6.51. The van der Waals surface area contributed by atoms with Crippen molar-refractivity contribution in [1.29, 1.82) is 0 Å². The molecule has 4 rings (SSSR count). The van der Waals surface area contributed by atoms with Crippen LogP contribution in [0.2, 0.25) is 5.02 Å². The Hall–Kier alpha value is -4.30. The van der Waals surface area contributed by atoms with Crippen LogP contribution in [0, 0.1) is 0 Å². The van der Waals surface area contributed by atoms with Gasteiger partial charge in [-0.2, -0.15) is 0 Å². The van der Waals surface area contributed by atoms with Gasteiger partial charge in [-0.25, -0.2) is 4.79 Å². The van der Waals surface area contributed by atoms with Crippen LogP contribution in [0.1, 0.15) is 40.9 Å². The Bertz CT molecular complexity index is 1380. The van der Waals surface area contributed by atoms with Gasteiger partial charge in [0.1, 0.15) is 17.3 Å². The quantitative estimate of drug-likeness (QED) is 0.189. The first-order valence-corrected chi connectivity index (χ1v) is 11.9. The molecule has 8 nitrogen and oxygen atoms in total. The van der Waals surface area contributed by atoms with Crippen LogP contribution in [0.25, 0.3) is 5.76 Å². The molecular weight excluding hydrogens is 498 g/mol. The van der Waals surface area contributed by atoms with Crippen molar-refractivity contribution in [3.8, 4) is 11.5 Å².